The Morgan fingerprint density at radius 3 is 2.50 bits per heavy atom. The summed E-state index contributed by atoms with van der Waals surface area (Å²) in [6.45, 7) is 1.95. The Labute approximate surface area is 166 Å². The zero-order valence-electron chi connectivity index (χ0n) is 14.5. The third kappa shape index (κ3) is 3.75. The van der Waals surface area contributed by atoms with Gasteiger partial charge >= 0.3 is 12.0 Å². The van der Waals surface area contributed by atoms with Gasteiger partial charge in [-0.05, 0) is 46.7 Å². The van der Waals surface area contributed by atoms with Crippen LogP contribution in [-0.4, -0.2) is 23.9 Å². The van der Waals surface area contributed by atoms with E-state index in [9.17, 15) is 9.59 Å². The maximum atomic E-state index is 12.9. The highest BCUT2D eigenvalue weighted by Crippen LogP contribution is 2.33. The highest BCUT2D eigenvalue weighted by atomic mass is 127. The molecule has 0 aromatic heterocycles. The molecule has 0 saturated heterocycles. The smallest absolute Gasteiger partial charge is 0.338 e. The van der Waals surface area contributed by atoms with Crippen LogP contribution in [0.5, 0.6) is 0 Å². The predicted molar refractivity (Wildman–Crippen MR) is 107 cm³/mol. The molecule has 1 aliphatic rings. The summed E-state index contributed by atoms with van der Waals surface area (Å²) in [5.41, 5.74) is 2.84. The first-order chi connectivity index (χ1) is 12.5. The molecule has 2 aromatic rings. The molecule has 2 amide bonds. The molecule has 26 heavy (non-hydrogen) atoms. The van der Waals surface area contributed by atoms with E-state index in [1.54, 1.807) is 14.0 Å². The minimum absolute atomic E-state index is 0.187. The quantitative estimate of drug-likeness (QED) is 0.552. The van der Waals surface area contributed by atoms with Gasteiger partial charge in [0.25, 0.3) is 0 Å². The Balaban J connectivity index is 1.92. The van der Waals surface area contributed by atoms with E-state index in [1.165, 1.54) is 4.90 Å². The third-order valence-corrected chi connectivity index (χ3v) is 5.39. The maximum absolute atomic E-state index is 12.9. The average Bonchev–Trinajstić information content (AvgIpc) is 2.65. The first kappa shape index (κ1) is 18.4. The molecule has 1 aliphatic heterocycles. The standard InChI is InChI=1S/C20H19IN2O3/c1-13-17(19(24)26-12-14-8-4-3-5-9-14)18(22-20(25)23(13)2)15-10-6-7-11-16(15)21/h3-11,18H,12H2,1-2H3,(H,22,25)/t18-/m0/s1. The van der Waals surface area contributed by atoms with Crippen LogP contribution in [0, 0.1) is 3.57 Å². The summed E-state index contributed by atoms with van der Waals surface area (Å²) in [7, 11) is 1.64. The molecule has 0 saturated carbocycles. The molecular formula is C20H19IN2O3. The van der Waals surface area contributed by atoms with Gasteiger partial charge in [-0.15, -0.1) is 0 Å². The van der Waals surface area contributed by atoms with Crippen LogP contribution in [-0.2, 0) is 16.1 Å². The van der Waals surface area contributed by atoms with E-state index in [0.29, 0.717) is 11.3 Å². The molecule has 134 valence electrons. The van der Waals surface area contributed by atoms with Gasteiger partial charge in [0.05, 0.1) is 11.6 Å². The number of carbonyl (C=O) groups excluding carboxylic acids is 2. The van der Waals surface area contributed by atoms with Crippen molar-refractivity contribution >= 4 is 34.6 Å². The Kier molecular flexibility index (Phi) is 5.61. The number of hydrogen-bond donors (Lipinski definition) is 1. The van der Waals surface area contributed by atoms with Gasteiger partial charge in [0.15, 0.2) is 0 Å². The molecule has 3 rings (SSSR count). The van der Waals surface area contributed by atoms with E-state index in [2.05, 4.69) is 27.9 Å². The molecular weight excluding hydrogens is 443 g/mol. The van der Waals surface area contributed by atoms with E-state index in [1.807, 2.05) is 54.6 Å². The summed E-state index contributed by atoms with van der Waals surface area (Å²) < 4.78 is 6.51. The lowest BCUT2D eigenvalue weighted by Gasteiger charge is -2.33. The van der Waals surface area contributed by atoms with Gasteiger partial charge in [-0.3, -0.25) is 0 Å². The van der Waals surface area contributed by atoms with Crippen molar-refractivity contribution in [2.75, 3.05) is 7.05 Å². The van der Waals surface area contributed by atoms with E-state index in [4.69, 9.17) is 4.74 Å². The normalized spacial score (nSPS) is 17.1. The highest BCUT2D eigenvalue weighted by molar-refractivity contribution is 14.1. The van der Waals surface area contributed by atoms with Crippen LogP contribution in [0.3, 0.4) is 0 Å². The summed E-state index contributed by atoms with van der Waals surface area (Å²) >= 11 is 2.21. The second-order valence-electron chi connectivity index (χ2n) is 6.02. The predicted octanol–water partition coefficient (Wildman–Crippen LogP) is 4.00. The molecule has 1 N–H and O–H groups in total. The van der Waals surface area contributed by atoms with Crippen molar-refractivity contribution < 1.29 is 14.3 Å². The van der Waals surface area contributed by atoms with Gasteiger partial charge in [0.2, 0.25) is 0 Å². The number of nitrogens with zero attached hydrogens (tertiary/aromatic N) is 1. The molecule has 1 heterocycles. The second kappa shape index (κ2) is 7.90. The zero-order chi connectivity index (χ0) is 18.7. The first-order valence-corrected chi connectivity index (χ1v) is 9.27. The number of allylic oxidation sites excluding steroid dienone is 1. The molecule has 1 atom stereocenters. The summed E-state index contributed by atoms with van der Waals surface area (Å²) in [5.74, 6) is -0.428. The van der Waals surface area contributed by atoms with Crippen LogP contribution in [0.4, 0.5) is 4.79 Å². The van der Waals surface area contributed by atoms with Gasteiger partial charge in [-0.2, -0.15) is 0 Å². The molecule has 0 radical (unpaired) electrons. The summed E-state index contributed by atoms with van der Waals surface area (Å²) in [6, 6.07) is 16.4. The minimum Gasteiger partial charge on any atom is -0.457 e. The van der Waals surface area contributed by atoms with Gasteiger partial charge in [-0.25, -0.2) is 9.59 Å². The highest BCUT2D eigenvalue weighted by Gasteiger charge is 2.35. The largest absolute Gasteiger partial charge is 0.457 e. The van der Waals surface area contributed by atoms with E-state index in [0.717, 1.165) is 14.7 Å². The van der Waals surface area contributed by atoms with Crippen LogP contribution in [0.1, 0.15) is 24.1 Å². The first-order valence-electron chi connectivity index (χ1n) is 8.19. The molecule has 0 aliphatic carbocycles. The van der Waals surface area contributed by atoms with Crippen molar-refractivity contribution in [3.05, 3.63) is 80.6 Å². The van der Waals surface area contributed by atoms with Crippen LogP contribution in [0.15, 0.2) is 65.9 Å². The van der Waals surface area contributed by atoms with E-state index < -0.39 is 12.0 Å². The molecule has 2 aromatic carbocycles. The molecule has 0 unspecified atom stereocenters. The Morgan fingerprint density at radius 1 is 1.15 bits per heavy atom. The van der Waals surface area contributed by atoms with Crippen LogP contribution < -0.4 is 5.32 Å². The summed E-state index contributed by atoms with van der Waals surface area (Å²) in [6.07, 6.45) is 0. The lowest BCUT2D eigenvalue weighted by molar-refractivity contribution is -0.141. The van der Waals surface area contributed by atoms with Crippen LogP contribution in [0.2, 0.25) is 0 Å². The number of rotatable bonds is 4. The number of esters is 1. The van der Waals surface area contributed by atoms with E-state index >= 15 is 0 Å². The lowest BCUT2D eigenvalue weighted by atomic mass is 9.95. The number of benzene rings is 2. The number of hydrogen-bond acceptors (Lipinski definition) is 3. The Morgan fingerprint density at radius 2 is 1.81 bits per heavy atom. The van der Waals surface area contributed by atoms with Gasteiger partial charge in [-0.1, -0.05) is 48.5 Å². The molecule has 5 nitrogen and oxygen atoms in total. The van der Waals surface area contributed by atoms with E-state index in [-0.39, 0.29) is 12.6 Å². The summed E-state index contributed by atoms with van der Waals surface area (Å²) in [5, 5.41) is 2.91. The Hall–Kier alpha value is -2.35. The number of amides is 2. The van der Waals surface area contributed by atoms with Crippen molar-refractivity contribution in [2.24, 2.45) is 0 Å². The Bertz CT molecular complexity index is 864. The maximum Gasteiger partial charge on any atom is 0.338 e. The van der Waals surface area contributed by atoms with Crippen molar-refractivity contribution in [2.45, 2.75) is 19.6 Å². The fourth-order valence-corrected chi connectivity index (χ4v) is 3.54. The zero-order valence-corrected chi connectivity index (χ0v) is 16.7. The monoisotopic (exact) mass is 462 g/mol. The topological polar surface area (TPSA) is 58.6 Å². The molecule has 0 spiro atoms. The second-order valence-corrected chi connectivity index (χ2v) is 7.19. The van der Waals surface area contributed by atoms with Crippen molar-refractivity contribution in [3.63, 3.8) is 0 Å². The summed E-state index contributed by atoms with van der Waals surface area (Å²) in [4.78, 5) is 26.6. The van der Waals surface area contributed by atoms with Gasteiger partial charge in [0, 0.05) is 16.3 Å². The third-order valence-electron chi connectivity index (χ3n) is 4.40. The minimum atomic E-state index is -0.532. The van der Waals surface area contributed by atoms with Crippen molar-refractivity contribution in [1.29, 1.82) is 0 Å². The molecule has 0 bridgehead atoms. The average molecular weight is 462 g/mol. The number of ether oxygens (including phenoxy) is 1. The lowest BCUT2D eigenvalue weighted by Crippen LogP contribution is -2.46. The number of nitrogens with one attached hydrogen (secondary N) is 1. The SMILES string of the molecule is CC1=C(C(=O)OCc2ccccc2)[C@H](c2ccccc2I)NC(=O)N1C. The van der Waals surface area contributed by atoms with Crippen molar-refractivity contribution in [1.82, 2.24) is 10.2 Å². The number of halogens is 1. The van der Waals surface area contributed by atoms with Crippen LogP contribution >= 0.6 is 22.6 Å². The fraction of sp³-hybridized carbons (Fsp3) is 0.200. The van der Waals surface area contributed by atoms with Crippen LogP contribution in [0.25, 0.3) is 0 Å². The van der Waals surface area contributed by atoms with Crippen molar-refractivity contribution in [3.8, 4) is 0 Å². The number of carbonyl (C=O) groups is 2. The van der Waals surface area contributed by atoms with Gasteiger partial charge < -0.3 is 15.0 Å². The molecule has 0 fully saturated rings. The molecule has 6 heteroatoms. The van der Waals surface area contributed by atoms with Gasteiger partial charge in [0.1, 0.15) is 6.61 Å². The number of urea groups is 1. The fourth-order valence-electron chi connectivity index (χ4n) is 2.84.